The topological polar surface area (TPSA) is 38.3 Å². The minimum absolute atomic E-state index is 0.0720. The number of carbonyl (C=O) groups excluding carboxylic acids is 1. The van der Waals surface area contributed by atoms with Gasteiger partial charge >= 0.3 is 0 Å². The number of alkyl halides is 1. The van der Waals surface area contributed by atoms with E-state index in [1.807, 2.05) is 0 Å². The Kier molecular flexibility index (Phi) is 6.39. The van der Waals surface area contributed by atoms with Crippen molar-refractivity contribution >= 4 is 29.1 Å². The van der Waals surface area contributed by atoms with Crippen molar-refractivity contribution in [3.8, 4) is 0 Å². The molecule has 0 aliphatic carbocycles. The SMILES string of the molecule is COCC(Cl)CCNC(=O)c1ccc(F)c(Cl)c1. The molecule has 0 saturated heterocycles. The highest BCUT2D eigenvalue weighted by Crippen LogP contribution is 2.15. The van der Waals surface area contributed by atoms with Gasteiger partial charge < -0.3 is 10.1 Å². The van der Waals surface area contributed by atoms with Gasteiger partial charge in [-0.25, -0.2) is 4.39 Å². The number of amides is 1. The first kappa shape index (κ1) is 15.2. The van der Waals surface area contributed by atoms with E-state index < -0.39 is 5.82 Å². The lowest BCUT2D eigenvalue weighted by Gasteiger charge is -2.09. The molecule has 3 nitrogen and oxygen atoms in total. The lowest BCUT2D eigenvalue weighted by molar-refractivity contribution is 0.0951. The minimum Gasteiger partial charge on any atom is -0.383 e. The number of halogens is 3. The summed E-state index contributed by atoms with van der Waals surface area (Å²) in [6.45, 7) is 0.852. The summed E-state index contributed by atoms with van der Waals surface area (Å²) >= 11 is 11.5. The Balaban J connectivity index is 2.43. The van der Waals surface area contributed by atoms with Gasteiger partial charge in [-0.2, -0.15) is 0 Å². The maximum Gasteiger partial charge on any atom is 0.251 e. The molecule has 0 fully saturated rings. The molecule has 0 aliphatic heterocycles. The van der Waals surface area contributed by atoms with Crippen molar-refractivity contribution in [1.82, 2.24) is 5.32 Å². The maximum absolute atomic E-state index is 12.9. The van der Waals surface area contributed by atoms with Crippen LogP contribution in [0.5, 0.6) is 0 Å². The summed E-state index contributed by atoms with van der Waals surface area (Å²) in [7, 11) is 1.56. The Morgan fingerprint density at radius 1 is 1.56 bits per heavy atom. The third-order valence-electron chi connectivity index (χ3n) is 2.27. The van der Waals surface area contributed by atoms with Crippen LogP contribution < -0.4 is 5.32 Å². The normalized spacial score (nSPS) is 12.2. The summed E-state index contributed by atoms with van der Waals surface area (Å²) in [5.74, 6) is -0.854. The van der Waals surface area contributed by atoms with Gasteiger partial charge in [-0.15, -0.1) is 11.6 Å². The van der Waals surface area contributed by atoms with Crippen molar-refractivity contribution in [2.45, 2.75) is 11.8 Å². The number of rotatable bonds is 6. The molecule has 18 heavy (non-hydrogen) atoms. The summed E-state index contributed by atoms with van der Waals surface area (Å²) < 4.78 is 17.8. The number of ether oxygens (including phenoxy) is 1. The number of hydrogen-bond donors (Lipinski definition) is 1. The molecule has 0 bridgehead atoms. The largest absolute Gasteiger partial charge is 0.383 e. The van der Waals surface area contributed by atoms with Crippen LogP contribution in [-0.4, -0.2) is 31.5 Å². The van der Waals surface area contributed by atoms with Gasteiger partial charge in [-0.3, -0.25) is 4.79 Å². The third kappa shape index (κ3) is 4.80. The number of benzene rings is 1. The van der Waals surface area contributed by atoms with E-state index in [-0.39, 0.29) is 16.3 Å². The molecule has 1 aromatic rings. The molecule has 0 heterocycles. The quantitative estimate of drug-likeness (QED) is 0.819. The average Bonchev–Trinajstić information content (AvgIpc) is 2.33. The Bertz CT molecular complexity index is 415. The Morgan fingerprint density at radius 2 is 2.28 bits per heavy atom. The van der Waals surface area contributed by atoms with Gasteiger partial charge in [-0.05, 0) is 24.6 Å². The van der Waals surface area contributed by atoms with Crippen molar-refractivity contribution in [2.75, 3.05) is 20.3 Å². The van der Waals surface area contributed by atoms with E-state index in [1.54, 1.807) is 7.11 Å². The third-order valence-corrected chi connectivity index (χ3v) is 2.91. The summed E-state index contributed by atoms with van der Waals surface area (Å²) in [5.41, 5.74) is 0.319. The standard InChI is InChI=1S/C12H14Cl2FNO2/c1-18-7-9(13)4-5-16-12(17)8-2-3-11(15)10(14)6-8/h2-3,6,9H,4-5,7H2,1H3,(H,16,17). The van der Waals surface area contributed by atoms with Crippen molar-refractivity contribution in [2.24, 2.45) is 0 Å². The molecule has 0 radical (unpaired) electrons. The van der Waals surface area contributed by atoms with Gasteiger partial charge in [0.25, 0.3) is 5.91 Å². The molecule has 0 saturated carbocycles. The number of carbonyl (C=O) groups is 1. The molecule has 6 heteroatoms. The predicted octanol–water partition coefficient (Wildman–Crippen LogP) is 2.85. The molecule has 1 atom stereocenters. The highest BCUT2D eigenvalue weighted by atomic mass is 35.5. The number of hydrogen-bond acceptors (Lipinski definition) is 2. The molecule has 0 aliphatic rings. The predicted molar refractivity (Wildman–Crippen MR) is 69.9 cm³/mol. The molecule has 1 amide bonds. The molecule has 1 rings (SSSR count). The highest BCUT2D eigenvalue weighted by molar-refractivity contribution is 6.31. The van der Waals surface area contributed by atoms with Crippen LogP contribution >= 0.6 is 23.2 Å². The van der Waals surface area contributed by atoms with Crippen LogP contribution in [-0.2, 0) is 4.74 Å². The fourth-order valence-corrected chi connectivity index (χ4v) is 1.76. The maximum atomic E-state index is 12.9. The van der Waals surface area contributed by atoms with E-state index in [0.717, 1.165) is 6.07 Å². The molecule has 1 aromatic carbocycles. The summed E-state index contributed by atoms with van der Waals surface area (Å²) in [4.78, 5) is 11.7. The van der Waals surface area contributed by atoms with Crippen LogP contribution in [0.4, 0.5) is 4.39 Å². The molecule has 100 valence electrons. The van der Waals surface area contributed by atoms with Crippen molar-refractivity contribution < 1.29 is 13.9 Å². The Labute approximate surface area is 115 Å². The summed E-state index contributed by atoms with van der Waals surface area (Å²) in [6.07, 6.45) is 0.593. The first-order valence-electron chi connectivity index (χ1n) is 5.41. The van der Waals surface area contributed by atoms with E-state index in [0.29, 0.717) is 25.1 Å². The van der Waals surface area contributed by atoms with Crippen molar-refractivity contribution in [3.05, 3.63) is 34.6 Å². The number of methoxy groups -OCH3 is 1. The smallest absolute Gasteiger partial charge is 0.251 e. The zero-order chi connectivity index (χ0) is 13.5. The fourth-order valence-electron chi connectivity index (χ4n) is 1.35. The highest BCUT2D eigenvalue weighted by Gasteiger charge is 2.09. The van der Waals surface area contributed by atoms with Gasteiger partial charge in [0, 0.05) is 19.2 Å². The second-order valence-corrected chi connectivity index (χ2v) is 4.75. The van der Waals surface area contributed by atoms with Gasteiger partial charge in [0.2, 0.25) is 0 Å². The average molecular weight is 294 g/mol. The van der Waals surface area contributed by atoms with E-state index in [1.165, 1.54) is 12.1 Å². The Morgan fingerprint density at radius 3 is 2.89 bits per heavy atom. The summed E-state index contributed by atoms with van der Waals surface area (Å²) in [5, 5.41) is 2.46. The van der Waals surface area contributed by atoms with E-state index in [9.17, 15) is 9.18 Å². The molecular formula is C12H14Cl2FNO2. The van der Waals surface area contributed by atoms with E-state index >= 15 is 0 Å². The second kappa shape index (κ2) is 7.56. The summed E-state index contributed by atoms with van der Waals surface area (Å²) in [6, 6.07) is 3.83. The van der Waals surface area contributed by atoms with Crippen LogP contribution in [0.2, 0.25) is 5.02 Å². The van der Waals surface area contributed by atoms with Gasteiger partial charge in [0.15, 0.2) is 0 Å². The molecular weight excluding hydrogens is 280 g/mol. The van der Waals surface area contributed by atoms with Crippen LogP contribution in [0.1, 0.15) is 16.8 Å². The van der Waals surface area contributed by atoms with E-state index in [2.05, 4.69) is 5.32 Å². The van der Waals surface area contributed by atoms with E-state index in [4.69, 9.17) is 27.9 Å². The number of nitrogens with one attached hydrogen (secondary N) is 1. The minimum atomic E-state index is -0.547. The monoisotopic (exact) mass is 293 g/mol. The van der Waals surface area contributed by atoms with Gasteiger partial charge in [0.05, 0.1) is 17.0 Å². The Hall–Kier alpha value is -0.840. The molecule has 0 aromatic heterocycles. The van der Waals surface area contributed by atoms with Crippen molar-refractivity contribution in [3.63, 3.8) is 0 Å². The van der Waals surface area contributed by atoms with Crippen LogP contribution in [0.15, 0.2) is 18.2 Å². The first-order chi connectivity index (χ1) is 8.54. The zero-order valence-electron chi connectivity index (χ0n) is 9.88. The molecule has 0 spiro atoms. The van der Waals surface area contributed by atoms with Crippen LogP contribution in [0.3, 0.4) is 0 Å². The van der Waals surface area contributed by atoms with Crippen LogP contribution in [0.25, 0.3) is 0 Å². The molecule has 1 N–H and O–H groups in total. The van der Waals surface area contributed by atoms with Crippen LogP contribution in [0, 0.1) is 5.82 Å². The first-order valence-corrected chi connectivity index (χ1v) is 6.22. The zero-order valence-corrected chi connectivity index (χ0v) is 11.4. The lowest BCUT2D eigenvalue weighted by atomic mass is 10.2. The van der Waals surface area contributed by atoms with Crippen molar-refractivity contribution in [1.29, 1.82) is 0 Å². The fraction of sp³-hybridized carbons (Fsp3) is 0.417. The molecule has 1 unspecified atom stereocenters. The van der Waals surface area contributed by atoms with Gasteiger partial charge in [0.1, 0.15) is 5.82 Å². The second-order valence-electron chi connectivity index (χ2n) is 3.73. The lowest BCUT2D eigenvalue weighted by Crippen LogP contribution is -2.27. The van der Waals surface area contributed by atoms with Gasteiger partial charge in [-0.1, -0.05) is 11.6 Å².